The molecule has 1 aliphatic rings. The number of hydrogen-bond acceptors (Lipinski definition) is 4. The lowest BCUT2D eigenvalue weighted by molar-refractivity contribution is -0.128. The maximum Gasteiger partial charge on any atom is 0.325 e. The number of rotatable bonds is 6. The van der Waals surface area contributed by atoms with Crippen molar-refractivity contribution in [3.8, 4) is 11.3 Å². The van der Waals surface area contributed by atoms with Crippen LogP contribution in [0.3, 0.4) is 0 Å². The Balaban J connectivity index is 1.74. The molecule has 1 aromatic heterocycles. The van der Waals surface area contributed by atoms with E-state index in [4.69, 9.17) is 4.74 Å². The van der Waals surface area contributed by atoms with E-state index in [1.54, 1.807) is 13.3 Å². The predicted octanol–water partition coefficient (Wildman–Crippen LogP) is 2.21. The summed E-state index contributed by atoms with van der Waals surface area (Å²) >= 11 is 0. The Bertz CT molecular complexity index is 733. The Morgan fingerprint density at radius 3 is 2.83 bits per heavy atom. The van der Waals surface area contributed by atoms with E-state index in [1.807, 2.05) is 42.5 Å². The van der Waals surface area contributed by atoms with Gasteiger partial charge in [0, 0.05) is 31.9 Å². The van der Waals surface area contributed by atoms with Crippen molar-refractivity contribution in [2.75, 3.05) is 13.7 Å². The minimum atomic E-state index is -0.503. The van der Waals surface area contributed by atoms with Crippen molar-refractivity contribution in [1.29, 1.82) is 0 Å². The molecule has 0 aliphatic carbocycles. The van der Waals surface area contributed by atoms with Crippen LogP contribution in [0.5, 0.6) is 0 Å². The van der Waals surface area contributed by atoms with E-state index in [0.717, 1.165) is 16.8 Å². The maximum absolute atomic E-state index is 12.4. The summed E-state index contributed by atoms with van der Waals surface area (Å²) in [6, 6.07) is 12.6. The lowest BCUT2D eigenvalue weighted by atomic mass is 10.1. The van der Waals surface area contributed by atoms with E-state index >= 15 is 0 Å². The Morgan fingerprint density at radius 1 is 1.21 bits per heavy atom. The minimum Gasteiger partial charge on any atom is -0.385 e. The fraction of sp³-hybridized carbons (Fsp3) is 0.278. The van der Waals surface area contributed by atoms with Gasteiger partial charge in [-0.15, -0.1) is 0 Å². The van der Waals surface area contributed by atoms with Gasteiger partial charge in [0.25, 0.3) is 5.91 Å². The molecule has 6 nitrogen and oxygen atoms in total. The van der Waals surface area contributed by atoms with Crippen LogP contribution in [-0.2, 0) is 16.1 Å². The molecular formula is C18H19N3O3. The summed E-state index contributed by atoms with van der Waals surface area (Å²) in [5, 5.41) is 2.70. The summed E-state index contributed by atoms with van der Waals surface area (Å²) < 4.78 is 4.98. The van der Waals surface area contributed by atoms with Crippen LogP contribution in [0.25, 0.3) is 11.3 Å². The van der Waals surface area contributed by atoms with Crippen LogP contribution in [0.15, 0.2) is 48.7 Å². The summed E-state index contributed by atoms with van der Waals surface area (Å²) in [4.78, 5) is 30.0. The molecule has 0 spiro atoms. The van der Waals surface area contributed by atoms with Crippen LogP contribution in [0.1, 0.15) is 12.0 Å². The molecule has 0 bridgehead atoms. The largest absolute Gasteiger partial charge is 0.385 e. The molecule has 3 rings (SSSR count). The molecule has 1 atom stereocenters. The Morgan fingerprint density at radius 2 is 2.08 bits per heavy atom. The van der Waals surface area contributed by atoms with Gasteiger partial charge in [0.2, 0.25) is 0 Å². The van der Waals surface area contributed by atoms with Gasteiger partial charge in [0.1, 0.15) is 6.04 Å². The fourth-order valence-corrected chi connectivity index (χ4v) is 2.70. The molecule has 1 saturated heterocycles. The van der Waals surface area contributed by atoms with E-state index in [-0.39, 0.29) is 18.5 Å². The van der Waals surface area contributed by atoms with Gasteiger partial charge >= 0.3 is 6.03 Å². The van der Waals surface area contributed by atoms with Crippen molar-refractivity contribution < 1.29 is 14.3 Å². The number of urea groups is 1. The van der Waals surface area contributed by atoms with Crippen LogP contribution < -0.4 is 5.32 Å². The summed E-state index contributed by atoms with van der Waals surface area (Å²) in [7, 11) is 1.57. The molecule has 2 heterocycles. The van der Waals surface area contributed by atoms with Crippen LogP contribution in [-0.4, -0.2) is 41.6 Å². The molecule has 24 heavy (non-hydrogen) atoms. The topological polar surface area (TPSA) is 71.5 Å². The highest BCUT2D eigenvalue weighted by atomic mass is 16.5. The second-order valence-corrected chi connectivity index (χ2v) is 5.62. The van der Waals surface area contributed by atoms with Gasteiger partial charge in [0.05, 0.1) is 12.2 Å². The fourth-order valence-electron chi connectivity index (χ4n) is 2.70. The van der Waals surface area contributed by atoms with Gasteiger partial charge in [-0.3, -0.25) is 14.7 Å². The highest BCUT2D eigenvalue weighted by molar-refractivity contribution is 6.04. The van der Waals surface area contributed by atoms with Gasteiger partial charge in [-0.25, -0.2) is 4.79 Å². The quantitative estimate of drug-likeness (QED) is 0.827. The van der Waals surface area contributed by atoms with Gasteiger partial charge < -0.3 is 10.1 Å². The molecule has 3 amide bonds. The molecule has 1 aromatic carbocycles. The first-order chi connectivity index (χ1) is 11.7. The molecule has 1 fully saturated rings. The zero-order valence-corrected chi connectivity index (χ0v) is 13.4. The molecule has 0 radical (unpaired) electrons. The number of nitrogens with zero attached hydrogens (tertiary/aromatic N) is 2. The van der Waals surface area contributed by atoms with Crippen molar-refractivity contribution in [2.45, 2.75) is 19.0 Å². The van der Waals surface area contributed by atoms with Crippen LogP contribution >= 0.6 is 0 Å². The van der Waals surface area contributed by atoms with Gasteiger partial charge in [-0.2, -0.15) is 0 Å². The van der Waals surface area contributed by atoms with Crippen molar-refractivity contribution in [2.24, 2.45) is 0 Å². The zero-order chi connectivity index (χ0) is 16.9. The summed E-state index contributed by atoms with van der Waals surface area (Å²) in [5.74, 6) is -0.208. The first-order valence-corrected chi connectivity index (χ1v) is 7.80. The molecule has 1 N–H and O–H groups in total. The number of aromatic nitrogens is 1. The number of carbonyl (C=O) groups excluding carboxylic acids is 2. The van der Waals surface area contributed by atoms with Crippen LogP contribution in [0, 0.1) is 0 Å². The average Bonchev–Trinajstić information content (AvgIpc) is 2.88. The smallest absolute Gasteiger partial charge is 0.325 e. The standard InChI is InChI=1S/C18H19N3O3/c1-24-10-8-16-17(22)21(18(23)20-16)12-13-5-4-6-14(11-13)15-7-2-3-9-19-15/h2-7,9,11,16H,8,10,12H2,1H3,(H,20,23). The minimum absolute atomic E-state index is 0.208. The van der Waals surface area contributed by atoms with E-state index in [2.05, 4.69) is 10.3 Å². The predicted molar refractivity (Wildman–Crippen MR) is 89.0 cm³/mol. The Hall–Kier alpha value is -2.73. The second-order valence-electron chi connectivity index (χ2n) is 5.62. The van der Waals surface area contributed by atoms with E-state index in [9.17, 15) is 9.59 Å². The third-order valence-corrected chi connectivity index (χ3v) is 3.95. The SMILES string of the molecule is COCCC1NC(=O)N(Cc2cccc(-c3ccccn3)c2)C1=O. The van der Waals surface area contributed by atoms with E-state index in [0.29, 0.717) is 13.0 Å². The first kappa shape index (κ1) is 16.1. The van der Waals surface area contributed by atoms with Crippen molar-refractivity contribution >= 4 is 11.9 Å². The average molecular weight is 325 g/mol. The number of methoxy groups -OCH3 is 1. The zero-order valence-electron chi connectivity index (χ0n) is 13.4. The first-order valence-electron chi connectivity index (χ1n) is 7.80. The van der Waals surface area contributed by atoms with E-state index < -0.39 is 6.04 Å². The Labute approximate surface area is 140 Å². The molecule has 1 aliphatic heterocycles. The summed E-state index contributed by atoms with van der Waals surface area (Å²) in [6.07, 6.45) is 2.21. The summed E-state index contributed by atoms with van der Waals surface area (Å²) in [5.41, 5.74) is 2.69. The number of carbonyl (C=O) groups is 2. The number of amides is 3. The maximum atomic E-state index is 12.4. The lowest BCUT2D eigenvalue weighted by Gasteiger charge is -2.14. The number of hydrogen-bond donors (Lipinski definition) is 1. The van der Waals surface area contributed by atoms with Crippen molar-refractivity contribution in [3.63, 3.8) is 0 Å². The molecule has 0 saturated carbocycles. The molecule has 6 heteroatoms. The number of pyridine rings is 1. The number of imide groups is 1. The Kier molecular flexibility index (Phi) is 4.86. The van der Waals surface area contributed by atoms with E-state index in [1.165, 1.54) is 4.90 Å². The molecular weight excluding hydrogens is 306 g/mol. The van der Waals surface area contributed by atoms with Crippen molar-refractivity contribution in [1.82, 2.24) is 15.2 Å². The van der Waals surface area contributed by atoms with Gasteiger partial charge in [-0.05, 0) is 23.8 Å². The van der Waals surface area contributed by atoms with Crippen LogP contribution in [0.2, 0.25) is 0 Å². The highest BCUT2D eigenvalue weighted by Crippen LogP contribution is 2.20. The number of ether oxygens (including phenoxy) is 1. The van der Waals surface area contributed by atoms with Gasteiger partial charge in [0.15, 0.2) is 0 Å². The molecule has 2 aromatic rings. The van der Waals surface area contributed by atoms with Crippen molar-refractivity contribution in [3.05, 3.63) is 54.2 Å². The van der Waals surface area contributed by atoms with Crippen LogP contribution in [0.4, 0.5) is 4.79 Å². The monoisotopic (exact) mass is 325 g/mol. The lowest BCUT2D eigenvalue weighted by Crippen LogP contribution is -2.31. The highest BCUT2D eigenvalue weighted by Gasteiger charge is 2.37. The summed E-state index contributed by atoms with van der Waals surface area (Å²) in [6.45, 7) is 0.675. The molecule has 1 unspecified atom stereocenters. The molecule has 124 valence electrons. The van der Waals surface area contributed by atoms with Gasteiger partial charge in [-0.1, -0.05) is 24.3 Å². The number of nitrogens with one attached hydrogen (secondary N) is 1. The third-order valence-electron chi connectivity index (χ3n) is 3.95. The normalized spacial score (nSPS) is 17.2. The number of benzene rings is 1. The second kappa shape index (κ2) is 7.23. The third kappa shape index (κ3) is 3.44.